The summed E-state index contributed by atoms with van der Waals surface area (Å²) in [4.78, 5) is 6.86. The molecule has 0 amide bonds. The number of para-hydroxylation sites is 2. The molecule has 2 aromatic carbocycles. The minimum atomic E-state index is -0.724. The number of aliphatic hydroxyl groups excluding tert-OH is 1. The molecule has 0 saturated heterocycles. The molecule has 0 aliphatic rings. The van der Waals surface area contributed by atoms with Crippen molar-refractivity contribution in [3.8, 4) is 0 Å². The van der Waals surface area contributed by atoms with E-state index in [2.05, 4.69) is 35.9 Å². The zero-order chi connectivity index (χ0) is 16.4. The molecule has 0 spiro atoms. The van der Waals surface area contributed by atoms with Crippen LogP contribution in [0.5, 0.6) is 0 Å². The standard InChI is InChI=1S/C19H23N3O.ClH/c1-4-22(5-2)15-12-10-14(11-13-15)18(23)19-20-16-8-6-7-9-17(16)21(19)3;/h6-13,18,23H,4-5H2,1-3H3;1H. The van der Waals surface area contributed by atoms with Crippen LogP contribution < -0.4 is 4.90 Å². The van der Waals surface area contributed by atoms with Gasteiger partial charge in [-0.15, -0.1) is 12.4 Å². The van der Waals surface area contributed by atoms with Crippen molar-refractivity contribution in [1.29, 1.82) is 0 Å². The maximum Gasteiger partial charge on any atom is 0.143 e. The van der Waals surface area contributed by atoms with Gasteiger partial charge in [-0.25, -0.2) is 4.98 Å². The summed E-state index contributed by atoms with van der Waals surface area (Å²) in [6, 6.07) is 16.0. The molecule has 0 aliphatic carbocycles. The van der Waals surface area contributed by atoms with Crippen LogP contribution in [-0.2, 0) is 7.05 Å². The first-order valence-corrected chi connectivity index (χ1v) is 8.10. The lowest BCUT2D eigenvalue weighted by Crippen LogP contribution is -2.21. The fourth-order valence-corrected chi connectivity index (χ4v) is 3.01. The molecule has 1 atom stereocenters. The number of aromatic nitrogens is 2. The summed E-state index contributed by atoms with van der Waals surface area (Å²) in [7, 11) is 1.94. The molecule has 1 N–H and O–H groups in total. The minimum absolute atomic E-state index is 0. The van der Waals surface area contributed by atoms with Crippen molar-refractivity contribution < 1.29 is 5.11 Å². The molecule has 0 bridgehead atoms. The van der Waals surface area contributed by atoms with E-state index in [0.717, 1.165) is 29.7 Å². The minimum Gasteiger partial charge on any atom is -0.380 e. The summed E-state index contributed by atoms with van der Waals surface area (Å²) in [5.74, 6) is 0.668. The third-order valence-electron chi connectivity index (χ3n) is 4.40. The molecular weight excluding hydrogens is 322 g/mol. The highest BCUT2D eigenvalue weighted by Crippen LogP contribution is 2.26. The van der Waals surface area contributed by atoms with Crippen LogP contribution in [0.1, 0.15) is 31.3 Å². The third-order valence-corrected chi connectivity index (χ3v) is 4.40. The Morgan fingerprint density at radius 3 is 2.25 bits per heavy atom. The molecule has 5 heteroatoms. The number of benzene rings is 2. The Hall–Kier alpha value is -2.04. The van der Waals surface area contributed by atoms with Gasteiger partial charge in [-0.3, -0.25) is 0 Å². The highest BCUT2D eigenvalue weighted by atomic mass is 35.5. The molecule has 3 rings (SSSR count). The maximum absolute atomic E-state index is 10.7. The normalized spacial score (nSPS) is 12.0. The van der Waals surface area contributed by atoms with Crippen molar-refractivity contribution >= 4 is 29.1 Å². The molecule has 1 unspecified atom stereocenters. The van der Waals surface area contributed by atoms with Crippen LogP contribution in [0.4, 0.5) is 5.69 Å². The topological polar surface area (TPSA) is 41.3 Å². The lowest BCUT2D eigenvalue weighted by molar-refractivity contribution is 0.207. The third kappa shape index (κ3) is 3.25. The molecule has 0 fully saturated rings. The molecule has 3 aromatic rings. The van der Waals surface area contributed by atoms with Crippen LogP contribution in [0.3, 0.4) is 0 Å². The number of hydrogen-bond acceptors (Lipinski definition) is 3. The monoisotopic (exact) mass is 345 g/mol. The highest BCUT2D eigenvalue weighted by molar-refractivity contribution is 5.85. The number of fused-ring (bicyclic) bond motifs is 1. The van der Waals surface area contributed by atoms with Crippen molar-refractivity contribution in [3.05, 3.63) is 59.9 Å². The molecule has 1 aromatic heterocycles. The van der Waals surface area contributed by atoms with E-state index in [4.69, 9.17) is 0 Å². The number of aliphatic hydroxyl groups is 1. The fourth-order valence-electron chi connectivity index (χ4n) is 3.01. The van der Waals surface area contributed by atoms with Gasteiger partial charge in [0.1, 0.15) is 11.9 Å². The van der Waals surface area contributed by atoms with E-state index >= 15 is 0 Å². The smallest absolute Gasteiger partial charge is 0.143 e. The van der Waals surface area contributed by atoms with Crippen molar-refractivity contribution in [2.24, 2.45) is 7.05 Å². The average Bonchev–Trinajstić information content (AvgIpc) is 2.93. The first-order valence-electron chi connectivity index (χ1n) is 8.10. The van der Waals surface area contributed by atoms with Gasteiger partial charge in [0.05, 0.1) is 11.0 Å². The van der Waals surface area contributed by atoms with Crippen LogP contribution in [0.15, 0.2) is 48.5 Å². The molecule has 0 saturated carbocycles. The van der Waals surface area contributed by atoms with E-state index < -0.39 is 6.10 Å². The summed E-state index contributed by atoms with van der Waals surface area (Å²) in [6.45, 7) is 6.24. The van der Waals surface area contributed by atoms with Crippen molar-refractivity contribution in [3.63, 3.8) is 0 Å². The van der Waals surface area contributed by atoms with Gasteiger partial charge in [0.25, 0.3) is 0 Å². The van der Waals surface area contributed by atoms with Gasteiger partial charge >= 0.3 is 0 Å². The molecule has 0 radical (unpaired) electrons. The Morgan fingerprint density at radius 1 is 1.04 bits per heavy atom. The second-order valence-corrected chi connectivity index (χ2v) is 5.68. The van der Waals surface area contributed by atoms with E-state index in [9.17, 15) is 5.11 Å². The number of imidazole rings is 1. The van der Waals surface area contributed by atoms with E-state index in [0.29, 0.717) is 5.82 Å². The van der Waals surface area contributed by atoms with E-state index in [1.165, 1.54) is 5.69 Å². The van der Waals surface area contributed by atoms with Crippen LogP contribution in [-0.4, -0.2) is 27.7 Å². The first-order chi connectivity index (χ1) is 11.2. The molecule has 0 aliphatic heterocycles. The number of rotatable bonds is 5. The van der Waals surface area contributed by atoms with Crippen molar-refractivity contribution in [2.75, 3.05) is 18.0 Å². The van der Waals surface area contributed by atoms with Gasteiger partial charge in [0.2, 0.25) is 0 Å². The Morgan fingerprint density at radius 2 is 1.67 bits per heavy atom. The molecule has 24 heavy (non-hydrogen) atoms. The molecular formula is C19H24ClN3O. The summed E-state index contributed by atoms with van der Waals surface area (Å²) >= 11 is 0. The summed E-state index contributed by atoms with van der Waals surface area (Å²) in [5.41, 5.74) is 3.97. The predicted molar refractivity (Wildman–Crippen MR) is 102 cm³/mol. The lowest BCUT2D eigenvalue weighted by atomic mass is 10.1. The summed E-state index contributed by atoms with van der Waals surface area (Å²) in [5, 5.41) is 10.7. The van der Waals surface area contributed by atoms with Crippen molar-refractivity contribution in [1.82, 2.24) is 9.55 Å². The predicted octanol–water partition coefficient (Wildman–Crippen LogP) is 3.92. The Labute approximate surface area is 149 Å². The maximum atomic E-state index is 10.7. The quantitative estimate of drug-likeness (QED) is 0.762. The number of anilines is 1. The number of nitrogens with zero attached hydrogens (tertiary/aromatic N) is 3. The van der Waals surface area contributed by atoms with Crippen LogP contribution in [0.25, 0.3) is 11.0 Å². The zero-order valence-corrected chi connectivity index (χ0v) is 15.1. The summed E-state index contributed by atoms with van der Waals surface area (Å²) in [6.07, 6.45) is -0.724. The number of halogens is 1. The van der Waals surface area contributed by atoms with Crippen molar-refractivity contribution in [2.45, 2.75) is 20.0 Å². The van der Waals surface area contributed by atoms with Gasteiger partial charge in [-0.2, -0.15) is 0 Å². The molecule has 4 nitrogen and oxygen atoms in total. The van der Waals surface area contributed by atoms with Crippen LogP contribution >= 0.6 is 12.4 Å². The van der Waals surface area contributed by atoms with E-state index in [1.807, 2.05) is 48.0 Å². The van der Waals surface area contributed by atoms with Gasteiger partial charge in [0.15, 0.2) is 0 Å². The SMILES string of the molecule is CCN(CC)c1ccc(C(O)c2nc3ccccc3n2C)cc1.Cl. The fraction of sp³-hybridized carbons (Fsp3) is 0.316. The largest absolute Gasteiger partial charge is 0.380 e. The second-order valence-electron chi connectivity index (χ2n) is 5.68. The molecule has 128 valence electrons. The Balaban J connectivity index is 0.00000208. The number of hydrogen-bond donors (Lipinski definition) is 1. The highest BCUT2D eigenvalue weighted by Gasteiger charge is 2.18. The van der Waals surface area contributed by atoms with Gasteiger partial charge in [-0.05, 0) is 43.7 Å². The van der Waals surface area contributed by atoms with Gasteiger partial charge in [-0.1, -0.05) is 24.3 Å². The number of aryl methyl sites for hydroxylation is 1. The molecule has 1 heterocycles. The Bertz CT molecular complexity index is 794. The van der Waals surface area contributed by atoms with Crippen LogP contribution in [0, 0.1) is 0 Å². The summed E-state index contributed by atoms with van der Waals surface area (Å²) < 4.78 is 1.96. The average molecular weight is 346 g/mol. The first kappa shape index (κ1) is 18.3. The van der Waals surface area contributed by atoms with Gasteiger partial charge < -0.3 is 14.6 Å². The lowest BCUT2D eigenvalue weighted by Gasteiger charge is -2.21. The van der Waals surface area contributed by atoms with Crippen LogP contribution in [0.2, 0.25) is 0 Å². The Kier molecular flexibility index (Phi) is 5.86. The van der Waals surface area contributed by atoms with E-state index in [-0.39, 0.29) is 12.4 Å². The second kappa shape index (κ2) is 7.69. The van der Waals surface area contributed by atoms with E-state index in [1.54, 1.807) is 0 Å². The van der Waals surface area contributed by atoms with Gasteiger partial charge in [0, 0.05) is 25.8 Å². The zero-order valence-electron chi connectivity index (χ0n) is 14.3.